The summed E-state index contributed by atoms with van der Waals surface area (Å²) in [6, 6.07) is 3.21. The van der Waals surface area contributed by atoms with Gasteiger partial charge in [0.2, 0.25) is 0 Å². The third kappa shape index (κ3) is 2.66. The van der Waals surface area contributed by atoms with Crippen molar-refractivity contribution in [1.29, 1.82) is 0 Å². The van der Waals surface area contributed by atoms with Crippen LogP contribution in [0.5, 0.6) is 0 Å². The van der Waals surface area contributed by atoms with Gasteiger partial charge in [-0.2, -0.15) is 0 Å². The van der Waals surface area contributed by atoms with Gasteiger partial charge >= 0.3 is 0 Å². The van der Waals surface area contributed by atoms with Gasteiger partial charge in [-0.05, 0) is 25.8 Å². The molecule has 5 heteroatoms. The molecule has 0 N–H and O–H groups in total. The zero-order chi connectivity index (χ0) is 15.0. The maximum Gasteiger partial charge on any atom is 0.144 e. The lowest BCUT2D eigenvalue weighted by atomic mass is 10.0. The highest BCUT2D eigenvalue weighted by molar-refractivity contribution is 6.31. The van der Waals surface area contributed by atoms with Crippen molar-refractivity contribution >= 4 is 34.2 Å². The maximum atomic E-state index is 13.8. The van der Waals surface area contributed by atoms with E-state index in [9.17, 15) is 4.39 Å². The van der Waals surface area contributed by atoms with E-state index >= 15 is 0 Å². The van der Waals surface area contributed by atoms with Crippen molar-refractivity contribution in [1.82, 2.24) is 9.55 Å². The molecule has 3 atom stereocenters. The fraction of sp³-hybridized carbons (Fsp3) is 0.533. The van der Waals surface area contributed by atoms with Gasteiger partial charge in [-0.25, -0.2) is 9.37 Å². The summed E-state index contributed by atoms with van der Waals surface area (Å²) in [4.78, 5) is 4.53. The molecule has 0 saturated heterocycles. The van der Waals surface area contributed by atoms with E-state index in [0.29, 0.717) is 11.4 Å². The molecule has 0 aliphatic carbocycles. The first-order chi connectivity index (χ1) is 9.36. The predicted molar refractivity (Wildman–Crippen MR) is 83.1 cm³/mol. The molecule has 0 saturated carbocycles. The molecule has 110 valence electrons. The van der Waals surface area contributed by atoms with Crippen molar-refractivity contribution in [2.45, 2.75) is 45.5 Å². The number of hydrogen-bond donors (Lipinski definition) is 0. The van der Waals surface area contributed by atoms with Gasteiger partial charge in [-0.1, -0.05) is 31.9 Å². The number of rotatable bonds is 4. The van der Waals surface area contributed by atoms with E-state index in [1.54, 1.807) is 6.07 Å². The molecular formula is C15H19Cl2FN2. The molecule has 2 nitrogen and oxygen atoms in total. The van der Waals surface area contributed by atoms with E-state index in [2.05, 4.69) is 25.8 Å². The van der Waals surface area contributed by atoms with Crippen LogP contribution < -0.4 is 0 Å². The Bertz CT molecular complexity index is 622. The van der Waals surface area contributed by atoms with E-state index in [-0.39, 0.29) is 16.4 Å². The molecule has 0 aliphatic rings. The highest BCUT2D eigenvalue weighted by Crippen LogP contribution is 2.33. The van der Waals surface area contributed by atoms with E-state index in [0.717, 1.165) is 17.8 Å². The Morgan fingerprint density at radius 2 is 1.95 bits per heavy atom. The van der Waals surface area contributed by atoms with Gasteiger partial charge in [0.15, 0.2) is 0 Å². The minimum Gasteiger partial charge on any atom is -0.324 e. The first-order valence-corrected chi connectivity index (χ1v) is 7.69. The van der Waals surface area contributed by atoms with Crippen LogP contribution in [0, 0.1) is 11.7 Å². The number of imidazole rings is 1. The zero-order valence-electron chi connectivity index (χ0n) is 12.1. The van der Waals surface area contributed by atoms with Crippen LogP contribution >= 0.6 is 23.2 Å². The van der Waals surface area contributed by atoms with Gasteiger partial charge in [0, 0.05) is 12.1 Å². The van der Waals surface area contributed by atoms with Gasteiger partial charge in [0.1, 0.15) is 11.6 Å². The normalized spacial score (nSPS) is 16.4. The van der Waals surface area contributed by atoms with Crippen LogP contribution in [0.2, 0.25) is 5.02 Å². The van der Waals surface area contributed by atoms with E-state index in [4.69, 9.17) is 23.2 Å². The molecule has 1 aromatic carbocycles. The summed E-state index contributed by atoms with van der Waals surface area (Å²) in [6.07, 6.45) is 1.03. The van der Waals surface area contributed by atoms with Crippen LogP contribution in [0.4, 0.5) is 4.39 Å². The molecule has 1 aromatic heterocycles. The first kappa shape index (κ1) is 15.6. The zero-order valence-corrected chi connectivity index (χ0v) is 13.6. The SMILES string of the molecule is CCC(C)C(C)n1c(C(C)Cl)nc2cc(Cl)c(F)cc21. The lowest BCUT2D eigenvalue weighted by Crippen LogP contribution is -2.16. The third-order valence-corrected chi connectivity index (χ3v) is 4.47. The fourth-order valence-corrected chi connectivity index (χ4v) is 2.73. The number of fused-ring (bicyclic) bond motifs is 1. The van der Waals surface area contributed by atoms with Gasteiger partial charge < -0.3 is 4.57 Å². The first-order valence-electron chi connectivity index (χ1n) is 6.87. The van der Waals surface area contributed by atoms with Crippen molar-refractivity contribution in [2.24, 2.45) is 5.92 Å². The molecule has 0 radical (unpaired) electrons. The van der Waals surface area contributed by atoms with Crippen LogP contribution in [0.3, 0.4) is 0 Å². The molecule has 0 fully saturated rings. The van der Waals surface area contributed by atoms with E-state index in [1.807, 2.05) is 11.5 Å². The predicted octanol–water partition coefficient (Wildman–Crippen LogP) is 5.74. The molecule has 1 heterocycles. The van der Waals surface area contributed by atoms with Crippen LogP contribution in [-0.4, -0.2) is 9.55 Å². The third-order valence-electron chi connectivity index (χ3n) is 3.99. The maximum absolute atomic E-state index is 13.8. The van der Waals surface area contributed by atoms with Crippen LogP contribution in [-0.2, 0) is 0 Å². The second kappa shape index (κ2) is 5.90. The largest absolute Gasteiger partial charge is 0.324 e. The van der Waals surface area contributed by atoms with Crippen LogP contribution in [0.25, 0.3) is 11.0 Å². The summed E-state index contributed by atoms with van der Waals surface area (Å²) in [5, 5.41) is -0.150. The molecular weight excluding hydrogens is 298 g/mol. The Morgan fingerprint density at radius 1 is 1.30 bits per heavy atom. The summed E-state index contributed by atoms with van der Waals surface area (Å²) in [5.74, 6) is 0.780. The van der Waals surface area contributed by atoms with Crippen LogP contribution in [0.1, 0.15) is 51.4 Å². The molecule has 0 bridgehead atoms. The second-order valence-electron chi connectivity index (χ2n) is 5.34. The summed E-state index contributed by atoms with van der Waals surface area (Å²) < 4.78 is 15.8. The summed E-state index contributed by atoms with van der Waals surface area (Å²) in [5.41, 5.74) is 1.44. The number of halogens is 3. The van der Waals surface area contributed by atoms with E-state index in [1.165, 1.54) is 6.07 Å². The lowest BCUT2D eigenvalue weighted by molar-refractivity contribution is 0.368. The molecule has 0 spiro atoms. The molecule has 3 unspecified atom stereocenters. The summed E-state index contributed by atoms with van der Waals surface area (Å²) in [7, 11) is 0. The number of nitrogens with zero attached hydrogens (tertiary/aromatic N) is 2. The Morgan fingerprint density at radius 3 is 2.50 bits per heavy atom. The molecule has 2 rings (SSSR count). The standard InChI is InChI=1S/C15H19Cl2FN2/c1-5-8(2)10(4)20-14-7-12(18)11(17)6-13(14)19-15(20)9(3)16/h6-10H,5H2,1-4H3. The Kier molecular flexibility index (Phi) is 4.60. The van der Waals surface area contributed by atoms with Gasteiger partial charge in [-0.3, -0.25) is 0 Å². The lowest BCUT2D eigenvalue weighted by Gasteiger charge is -2.23. The van der Waals surface area contributed by atoms with Gasteiger partial charge in [-0.15, -0.1) is 11.6 Å². The number of hydrogen-bond acceptors (Lipinski definition) is 1. The van der Waals surface area contributed by atoms with Crippen molar-refractivity contribution < 1.29 is 4.39 Å². The fourth-order valence-electron chi connectivity index (χ4n) is 2.41. The highest BCUT2D eigenvalue weighted by atomic mass is 35.5. The average molecular weight is 317 g/mol. The number of alkyl halides is 1. The van der Waals surface area contributed by atoms with Crippen LogP contribution in [0.15, 0.2) is 12.1 Å². The van der Waals surface area contributed by atoms with E-state index < -0.39 is 5.82 Å². The summed E-state index contributed by atoms with van der Waals surface area (Å²) in [6.45, 7) is 8.30. The minimum absolute atomic E-state index is 0.0899. The van der Waals surface area contributed by atoms with Crippen molar-refractivity contribution in [3.8, 4) is 0 Å². The molecule has 0 amide bonds. The monoisotopic (exact) mass is 316 g/mol. The second-order valence-corrected chi connectivity index (χ2v) is 6.40. The number of benzene rings is 1. The number of aromatic nitrogens is 2. The Balaban J connectivity index is 2.71. The highest BCUT2D eigenvalue weighted by Gasteiger charge is 2.23. The molecule has 2 aromatic rings. The summed E-state index contributed by atoms with van der Waals surface area (Å²) >= 11 is 12.1. The van der Waals surface area contributed by atoms with Crippen molar-refractivity contribution in [3.63, 3.8) is 0 Å². The van der Waals surface area contributed by atoms with Gasteiger partial charge in [0.05, 0.1) is 21.4 Å². The smallest absolute Gasteiger partial charge is 0.144 e. The quantitative estimate of drug-likeness (QED) is 0.658. The van der Waals surface area contributed by atoms with Gasteiger partial charge in [0.25, 0.3) is 0 Å². The molecule has 20 heavy (non-hydrogen) atoms. The topological polar surface area (TPSA) is 17.8 Å². The Hall–Kier alpha value is -0.800. The minimum atomic E-state index is -0.426. The van der Waals surface area contributed by atoms with Crippen molar-refractivity contribution in [2.75, 3.05) is 0 Å². The Labute approximate surface area is 128 Å². The average Bonchev–Trinajstić information content (AvgIpc) is 2.76. The molecule has 0 aliphatic heterocycles. The van der Waals surface area contributed by atoms with Crippen molar-refractivity contribution in [3.05, 3.63) is 28.8 Å².